The van der Waals surface area contributed by atoms with E-state index in [1.165, 1.54) is 18.9 Å². The molecule has 1 fully saturated rings. The number of nitro benzene ring substituents is 1. The van der Waals surface area contributed by atoms with Gasteiger partial charge in [0.2, 0.25) is 0 Å². The molecule has 2 N–H and O–H groups in total. The van der Waals surface area contributed by atoms with Crippen LogP contribution in [0.4, 0.5) is 5.69 Å². The van der Waals surface area contributed by atoms with Crippen LogP contribution in [0.2, 0.25) is 5.02 Å². The minimum absolute atomic E-state index is 0.0977. The lowest BCUT2D eigenvalue weighted by atomic mass is 10.0. The van der Waals surface area contributed by atoms with Crippen LogP contribution in [0.15, 0.2) is 18.2 Å². The first-order valence-corrected chi connectivity index (χ1v) is 6.14. The molecule has 0 saturated heterocycles. The average Bonchev–Trinajstić information content (AvgIpc) is 3.10. The molecule has 0 spiro atoms. The molecule has 1 aliphatic carbocycles. The number of rotatable bonds is 5. The fourth-order valence-electron chi connectivity index (χ4n) is 2.00. The first-order valence-electron chi connectivity index (χ1n) is 5.76. The fraction of sp³-hybridized carbons (Fsp3) is 0.500. The minimum atomic E-state index is -0.385. The second-order valence-corrected chi connectivity index (χ2v) is 5.01. The van der Waals surface area contributed by atoms with Crippen LogP contribution in [0.5, 0.6) is 0 Å². The smallest absolute Gasteiger partial charge is 0.274 e. The van der Waals surface area contributed by atoms with Gasteiger partial charge in [0.05, 0.1) is 4.92 Å². The molecule has 1 aromatic carbocycles. The van der Waals surface area contributed by atoms with Gasteiger partial charge in [0.25, 0.3) is 5.69 Å². The van der Waals surface area contributed by atoms with Crippen molar-refractivity contribution >= 4 is 17.3 Å². The molecule has 0 heterocycles. The number of aryl methyl sites for hydroxylation is 1. The summed E-state index contributed by atoms with van der Waals surface area (Å²) in [4.78, 5) is 10.5. The van der Waals surface area contributed by atoms with Crippen LogP contribution in [0.1, 0.15) is 24.8 Å². The number of nitro groups is 1. The van der Waals surface area contributed by atoms with E-state index >= 15 is 0 Å². The zero-order valence-electron chi connectivity index (χ0n) is 9.43. The van der Waals surface area contributed by atoms with Gasteiger partial charge in [0, 0.05) is 22.7 Å². The van der Waals surface area contributed by atoms with E-state index in [-0.39, 0.29) is 16.7 Å². The molecule has 1 saturated carbocycles. The fourth-order valence-corrected chi connectivity index (χ4v) is 2.17. The number of halogens is 1. The summed E-state index contributed by atoms with van der Waals surface area (Å²) >= 11 is 5.75. The van der Waals surface area contributed by atoms with Crippen molar-refractivity contribution in [1.29, 1.82) is 0 Å². The highest BCUT2D eigenvalue weighted by molar-refractivity contribution is 6.30. The van der Waals surface area contributed by atoms with Gasteiger partial charge in [-0.1, -0.05) is 17.7 Å². The molecule has 1 aromatic rings. The van der Waals surface area contributed by atoms with Crippen LogP contribution in [0.3, 0.4) is 0 Å². The van der Waals surface area contributed by atoms with E-state index in [1.54, 1.807) is 12.1 Å². The lowest BCUT2D eigenvalue weighted by Gasteiger charge is -2.10. The van der Waals surface area contributed by atoms with Crippen molar-refractivity contribution in [2.45, 2.75) is 31.7 Å². The molecule has 4 nitrogen and oxygen atoms in total. The summed E-state index contributed by atoms with van der Waals surface area (Å²) in [6, 6.07) is 4.98. The monoisotopic (exact) mass is 254 g/mol. The van der Waals surface area contributed by atoms with Gasteiger partial charge in [-0.05, 0) is 37.7 Å². The largest absolute Gasteiger partial charge is 0.327 e. The van der Waals surface area contributed by atoms with Crippen molar-refractivity contribution in [1.82, 2.24) is 0 Å². The molecule has 0 aromatic heterocycles. The van der Waals surface area contributed by atoms with Crippen LogP contribution in [0.25, 0.3) is 0 Å². The van der Waals surface area contributed by atoms with Crippen LogP contribution in [0, 0.1) is 16.0 Å². The Labute approximate surface area is 105 Å². The molecule has 5 heteroatoms. The predicted octanol–water partition coefficient (Wildman–Crippen LogP) is 2.92. The third kappa shape index (κ3) is 3.17. The zero-order chi connectivity index (χ0) is 12.4. The van der Waals surface area contributed by atoms with E-state index in [4.69, 9.17) is 17.3 Å². The highest BCUT2D eigenvalue weighted by atomic mass is 35.5. The van der Waals surface area contributed by atoms with E-state index in [0.717, 1.165) is 12.0 Å². The van der Waals surface area contributed by atoms with Gasteiger partial charge in [-0.3, -0.25) is 10.1 Å². The Hall–Kier alpha value is -1.13. The minimum Gasteiger partial charge on any atom is -0.327 e. The van der Waals surface area contributed by atoms with Gasteiger partial charge in [-0.2, -0.15) is 0 Å². The lowest BCUT2D eigenvalue weighted by molar-refractivity contribution is -0.385. The van der Waals surface area contributed by atoms with E-state index in [2.05, 4.69) is 0 Å². The van der Waals surface area contributed by atoms with Gasteiger partial charge in [-0.15, -0.1) is 0 Å². The molecule has 0 bridgehead atoms. The maximum atomic E-state index is 10.9. The lowest BCUT2D eigenvalue weighted by Crippen LogP contribution is -2.23. The zero-order valence-corrected chi connectivity index (χ0v) is 10.2. The molecule has 0 aliphatic heterocycles. The number of hydrogen-bond donors (Lipinski definition) is 1. The Kier molecular flexibility index (Phi) is 3.64. The summed E-state index contributed by atoms with van der Waals surface area (Å²) in [5, 5.41) is 11.3. The van der Waals surface area contributed by atoms with Crippen molar-refractivity contribution in [3.8, 4) is 0 Å². The Balaban J connectivity index is 2.06. The van der Waals surface area contributed by atoms with Crippen molar-refractivity contribution in [2.24, 2.45) is 11.7 Å². The Bertz CT molecular complexity index is 433. The standard InChI is InChI=1S/C12H15ClN2O2/c13-10-5-3-9(12(7-10)15(16)17)4-6-11(14)8-1-2-8/h3,5,7-8,11H,1-2,4,6,14H2. The highest BCUT2D eigenvalue weighted by Gasteiger charge is 2.28. The van der Waals surface area contributed by atoms with Gasteiger partial charge in [0.15, 0.2) is 0 Å². The van der Waals surface area contributed by atoms with Crippen molar-refractivity contribution in [3.05, 3.63) is 38.9 Å². The Morgan fingerprint density at radius 1 is 1.53 bits per heavy atom. The van der Waals surface area contributed by atoms with E-state index in [9.17, 15) is 10.1 Å². The van der Waals surface area contributed by atoms with Crippen LogP contribution in [-0.2, 0) is 6.42 Å². The van der Waals surface area contributed by atoms with Crippen LogP contribution >= 0.6 is 11.6 Å². The number of benzene rings is 1. The summed E-state index contributed by atoms with van der Waals surface area (Å²) < 4.78 is 0. The summed E-state index contributed by atoms with van der Waals surface area (Å²) in [7, 11) is 0. The van der Waals surface area contributed by atoms with Gasteiger partial charge >= 0.3 is 0 Å². The molecular formula is C12H15ClN2O2. The summed E-state index contributed by atoms with van der Waals surface area (Å²) in [6.45, 7) is 0. The van der Waals surface area contributed by atoms with E-state index in [0.29, 0.717) is 17.4 Å². The SMILES string of the molecule is NC(CCc1ccc(Cl)cc1[N+](=O)[O-])C1CC1. The summed E-state index contributed by atoms with van der Waals surface area (Å²) in [5.74, 6) is 0.626. The molecule has 17 heavy (non-hydrogen) atoms. The molecule has 2 rings (SSSR count). The summed E-state index contributed by atoms with van der Waals surface area (Å²) in [5.41, 5.74) is 6.80. The number of nitrogens with two attached hydrogens (primary N) is 1. The molecule has 1 unspecified atom stereocenters. The van der Waals surface area contributed by atoms with Crippen LogP contribution < -0.4 is 5.73 Å². The maximum absolute atomic E-state index is 10.9. The third-order valence-corrected chi connectivity index (χ3v) is 3.45. The Morgan fingerprint density at radius 2 is 2.24 bits per heavy atom. The van der Waals surface area contributed by atoms with Crippen molar-refractivity contribution < 1.29 is 4.92 Å². The molecular weight excluding hydrogens is 240 g/mol. The summed E-state index contributed by atoms with van der Waals surface area (Å²) in [6.07, 6.45) is 3.84. The Morgan fingerprint density at radius 3 is 2.82 bits per heavy atom. The first kappa shape index (κ1) is 12.3. The first-order chi connectivity index (χ1) is 8.08. The number of hydrogen-bond acceptors (Lipinski definition) is 3. The number of nitrogens with zero attached hydrogens (tertiary/aromatic N) is 1. The third-order valence-electron chi connectivity index (χ3n) is 3.22. The quantitative estimate of drug-likeness (QED) is 0.649. The van der Waals surface area contributed by atoms with E-state index < -0.39 is 0 Å². The molecule has 1 atom stereocenters. The normalized spacial score (nSPS) is 16.8. The van der Waals surface area contributed by atoms with Gasteiger partial charge in [0.1, 0.15) is 0 Å². The van der Waals surface area contributed by atoms with Crippen molar-refractivity contribution in [3.63, 3.8) is 0 Å². The van der Waals surface area contributed by atoms with E-state index in [1.807, 2.05) is 0 Å². The topological polar surface area (TPSA) is 69.2 Å². The second-order valence-electron chi connectivity index (χ2n) is 4.57. The maximum Gasteiger partial charge on any atom is 0.274 e. The second kappa shape index (κ2) is 5.02. The highest BCUT2D eigenvalue weighted by Crippen LogP contribution is 2.34. The van der Waals surface area contributed by atoms with Gasteiger partial charge in [-0.25, -0.2) is 0 Å². The average molecular weight is 255 g/mol. The van der Waals surface area contributed by atoms with Gasteiger partial charge < -0.3 is 5.73 Å². The van der Waals surface area contributed by atoms with Crippen LogP contribution in [-0.4, -0.2) is 11.0 Å². The molecule has 0 amide bonds. The molecule has 92 valence electrons. The molecule has 1 aliphatic rings. The molecule has 0 radical (unpaired) electrons. The van der Waals surface area contributed by atoms with Crippen molar-refractivity contribution in [2.75, 3.05) is 0 Å². The predicted molar refractivity (Wildman–Crippen MR) is 67.1 cm³/mol.